The van der Waals surface area contributed by atoms with E-state index in [2.05, 4.69) is 6.92 Å². The number of phosphoric ester groups is 1. The maximum absolute atomic E-state index is 11.9. The largest absolute Gasteiger partial charge is 0.527 e. The quantitative estimate of drug-likeness (QED) is 0.222. The van der Waals surface area contributed by atoms with Crippen LogP contribution >= 0.6 is 19.4 Å². The maximum atomic E-state index is 11.9. The summed E-state index contributed by atoms with van der Waals surface area (Å²) in [4.78, 5) is 9.73. The molecule has 0 radical (unpaired) electrons. The smallest absolute Gasteiger partial charge is 0.403 e. The lowest BCUT2D eigenvalue weighted by molar-refractivity contribution is 0.0845. The van der Waals surface area contributed by atoms with Gasteiger partial charge in [-0.1, -0.05) is 88.4 Å². The number of unbranched alkanes of at least 4 members (excludes halogenated alkanes) is 9. The Hall–Kier alpha value is -0.580. The molecule has 1 aromatic carbocycles. The van der Waals surface area contributed by atoms with Crippen molar-refractivity contribution in [2.24, 2.45) is 0 Å². The number of benzene rings is 1. The molecule has 0 amide bonds. The Morgan fingerprint density at radius 2 is 1.59 bits per heavy atom. The first-order valence-corrected chi connectivity index (χ1v) is 11.8. The number of hydrogen-bond acceptors (Lipinski definition) is 4. The average Bonchev–Trinajstić information content (AvgIpc) is 2.64. The standard InChI is InChI=1S/C20H34ClO5P/c1-2-3-4-5-6-7-8-9-10-13-16-24-17-18-25-27(22,23)26-20-15-12-11-14-19(20)21/h11-12,14-15H,2-10,13,16-18H2,1H3,(H,22,23)/i18D. The van der Waals surface area contributed by atoms with Crippen molar-refractivity contribution < 1.29 is 24.6 Å². The van der Waals surface area contributed by atoms with Gasteiger partial charge in [-0.25, -0.2) is 4.57 Å². The summed E-state index contributed by atoms with van der Waals surface area (Å²) in [5.74, 6) is 0.0356. The SMILES string of the molecule is [2H]C(COCCCCCCCCCCCC)OP(=O)(O)Oc1ccccc1Cl. The molecule has 0 aliphatic rings. The molecule has 0 heterocycles. The van der Waals surface area contributed by atoms with Gasteiger partial charge in [0.15, 0.2) is 0 Å². The molecule has 2 atom stereocenters. The van der Waals surface area contributed by atoms with Gasteiger partial charge >= 0.3 is 7.82 Å². The highest BCUT2D eigenvalue weighted by atomic mass is 35.5. The number of hydrogen-bond donors (Lipinski definition) is 1. The fourth-order valence-corrected chi connectivity index (χ4v) is 3.54. The van der Waals surface area contributed by atoms with Crippen molar-refractivity contribution in [3.05, 3.63) is 29.3 Å². The summed E-state index contributed by atoms with van der Waals surface area (Å²) < 4.78 is 34.7. The molecule has 1 rings (SSSR count). The fourth-order valence-electron chi connectivity index (χ4n) is 2.61. The molecule has 0 aliphatic carbocycles. The maximum Gasteiger partial charge on any atom is 0.527 e. The molecule has 0 saturated carbocycles. The van der Waals surface area contributed by atoms with Gasteiger partial charge in [-0.05, 0) is 18.6 Å². The molecule has 5 nitrogen and oxygen atoms in total. The van der Waals surface area contributed by atoms with Crippen molar-refractivity contribution in [3.8, 4) is 5.75 Å². The molecular formula is C20H34ClO5P. The zero-order valence-corrected chi connectivity index (χ0v) is 17.9. The first-order chi connectivity index (χ1) is 13.4. The second kappa shape index (κ2) is 15.4. The predicted molar refractivity (Wildman–Crippen MR) is 111 cm³/mol. The molecule has 0 aliphatic heterocycles. The highest BCUT2D eigenvalue weighted by Gasteiger charge is 2.23. The molecule has 27 heavy (non-hydrogen) atoms. The number of phosphoric acid groups is 1. The number of halogens is 1. The van der Waals surface area contributed by atoms with Gasteiger partial charge in [-0.2, -0.15) is 0 Å². The van der Waals surface area contributed by atoms with Crippen molar-refractivity contribution in [1.82, 2.24) is 0 Å². The fraction of sp³-hybridized carbons (Fsp3) is 0.700. The van der Waals surface area contributed by atoms with Crippen molar-refractivity contribution >= 4 is 19.4 Å². The summed E-state index contributed by atoms with van der Waals surface area (Å²) in [6, 6.07) is 6.28. The van der Waals surface area contributed by atoms with Crippen LogP contribution in [0.2, 0.25) is 5.02 Å². The lowest BCUT2D eigenvalue weighted by Gasteiger charge is -2.13. The molecular weight excluding hydrogens is 387 g/mol. The Balaban J connectivity index is 2.03. The van der Waals surface area contributed by atoms with E-state index in [1.54, 1.807) is 12.1 Å². The van der Waals surface area contributed by atoms with Crippen molar-refractivity contribution in [2.75, 3.05) is 19.8 Å². The molecule has 0 saturated heterocycles. The van der Waals surface area contributed by atoms with Crippen LogP contribution in [-0.2, 0) is 13.8 Å². The first-order valence-electron chi connectivity index (χ1n) is 10.5. The minimum Gasteiger partial charge on any atom is -0.403 e. The number of para-hydroxylation sites is 1. The Morgan fingerprint density at radius 1 is 1.00 bits per heavy atom. The van der Waals surface area contributed by atoms with Gasteiger partial charge < -0.3 is 9.26 Å². The van der Waals surface area contributed by atoms with Crippen LogP contribution in [0, 0.1) is 0 Å². The second-order valence-corrected chi connectivity index (χ2v) is 8.26. The Kier molecular flexibility index (Phi) is 12.9. The van der Waals surface area contributed by atoms with Gasteiger partial charge in [-0.15, -0.1) is 0 Å². The summed E-state index contributed by atoms with van der Waals surface area (Å²) in [7, 11) is -4.43. The zero-order valence-electron chi connectivity index (χ0n) is 17.3. The molecule has 0 spiro atoms. The first kappa shape index (κ1) is 22.7. The minimum atomic E-state index is -4.43. The van der Waals surface area contributed by atoms with E-state index in [1.165, 1.54) is 63.5 Å². The summed E-state index contributed by atoms with van der Waals surface area (Å²) in [5.41, 5.74) is 0. The van der Waals surface area contributed by atoms with E-state index in [-0.39, 0.29) is 17.4 Å². The summed E-state index contributed by atoms with van der Waals surface area (Å²) in [5, 5.41) is 0.194. The van der Waals surface area contributed by atoms with Crippen LogP contribution < -0.4 is 4.52 Å². The number of rotatable bonds is 17. The van der Waals surface area contributed by atoms with Crippen LogP contribution in [0.4, 0.5) is 0 Å². The van der Waals surface area contributed by atoms with Gasteiger partial charge in [0.05, 0.1) is 19.6 Å². The minimum absolute atomic E-state index is 0.0356. The van der Waals surface area contributed by atoms with Crippen LogP contribution in [0.1, 0.15) is 72.5 Å². The van der Waals surface area contributed by atoms with Gasteiger partial charge in [0, 0.05) is 6.61 Å². The summed E-state index contributed by atoms with van der Waals surface area (Å²) >= 11 is 5.87. The van der Waals surface area contributed by atoms with Gasteiger partial charge in [0.25, 0.3) is 0 Å². The molecule has 156 valence electrons. The topological polar surface area (TPSA) is 65.0 Å². The van der Waals surface area contributed by atoms with Crippen molar-refractivity contribution in [3.63, 3.8) is 0 Å². The third-order valence-corrected chi connectivity index (χ3v) is 5.24. The average molecular weight is 422 g/mol. The van der Waals surface area contributed by atoms with Crippen LogP contribution in [0.25, 0.3) is 0 Å². The molecule has 0 aromatic heterocycles. The lowest BCUT2D eigenvalue weighted by Crippen LogP contribution is -2.06. The Labute approximate surface area is 170 Å². The van der Waals surface area contributed by atoms with E-state index in [4.69, 9.17) is 26.8 Å². The molecule has 1 N–H and O–H groups in total. The van der Waals surface area contributed by atoms with E-state index >= 15 is 0 Å². The monoisotopic (exact) mass is 421 g/mol. The van der Waals surface area contributed by atoms with Crippen LogP contribution in [0.5, 0.6) is 5.75 Å². The van der Waals surface area contributed by atoms with Crippen molar-refractivity contribution in [1.29, 1.82) is 0 Å². The van der Waals surface area contributed by atoms with Gasteiger partial charge in [-0.3, -0.25) is 9.42 Å². The normalized spacial score (nSPS) is 15.1. The van der Waals surface area contributed by atoms with E-state index < -0.39 is 14.4 Å². The van der Waals surface area contributed by atoms with Crippen LogP contribution in [0.15, 0.2) is 24.3 Å². The summed E-state index contributed by atoms with van der Waals surface area (Å²) in [6.07, 6.45) is 12.4. The third-order valence-electron chi connectivity index (χ3n) is 4.09. The highest BCUT2D eigenvalue weighted by molar-refractivity contribution is 7.47. The molecule has 0 fully saturated rings. The van der Waals surface area contributed by atoms with E-state index in [9.17, 15) is 9.46 Å². The Bertz CT molecular complexity index is 575. The van der Waals surface area contributed by atoms with E-state index in [0.29, 0.717) is 6.61 Å². The highest BCUT2D eigenvalue weighted by Crippen LogP contribution is 2.45. The van der Waals surface area contributed by atoms with Crippen LogP contribution in [0.3, 0.4) is 0 Å². The molecule has 7 heteroatoms. The van der Waals surface area contributed by atoms with Crippen molar-refractivity contribution in [2.45, 2.75) is 71.1 Å². The van der Waals surface area contributed by atoms with Gasteiger partial charge in [0.2, 0.25) is 0 Å². The molecule has 2 unspecified atom stereocenters. The van der Waals surface area contributed by atoms with Gasteiger partial charge in [0.1, 0.15) is 5.75 Å². The second-order valence-electron chi connectivity index (χ2n) is 6.52. The van der Waals surface area contributed by atoms with E-state index in [1.807, 2.05) is 0 Å². The number of ether oxygens (including phenoxy) is 1. The molecule has 0 bridgehead atoms. The third kappa shape index (κ3) is 13.3. The lowest BCUT2D eigenvalue weighted by atomic mass is 10.1. The summed E-state index contributed by atoms with van der Waals surface area (Å²) in [6.45, 7) is 1.35. The Morgan fingerprint density at radius 3 is 2.22 bits per heavy atom. The zero-order chi connectivity index (χ0) is 20.7. The van der Waals surface area contributed by atoms with Crippen LogP contribution in [-0.4, -0.2) is 24.7 Å². The predicted octanol–water partition coefficient (Wildman–Crippen LogP) is 6.77. The van der Waals surface area contributed by atoms with E-state index in [0.717, 1.165) is 12.8 Å². The molecule has 1 aromatic rings.